The molecule has 5 rings (SSSR count). The lowest BCUT2D eigenvalue weighted by molar-refractivity contribution is 0.0957. The van der Waals surface area contributed by atoms with Crippen molar-refractivity contribution in [2.24, 2.45) is 7.05 Å². The number of rotatable bonds is 8. The van der Waals surface area contributed by atoms with E-state index in [0.717, 1.165) is 51.3 Å². The second-order valence-electron chi connectivity index (χ2n) is 9.57. The molecule has 0 aliphatic rings. The molecule has 0 unspecified atom stereocenters. The van der Waals surface area contributed by atoms with Crippen LogP contribution < -0.4 is 5.32 Å². The van der Waals surface area contributed by atoms with Crippen molar-refractivity contribution in [3.63, 3.8) is 0 Å². The monoisotopic (exact) mass is 496 g/mol. The molecule has 6 nitrogen and oxygen atoms in total. The fraction of sp³-hybridized carbons (Fsp3) is 0.233. The second-order valence-corrected chi connectivity index (χ2v) is 9.57. The lowest BCUT2D eigenvalue weighted by Crippen LogP contribution is -2.18. The molecule has 0 bridgehead atoms. The number of ketones is 1. The average molecular weight is 497 g/mol. The predicted molar refractivity (Wildman–Crippen MR) is 144 cm³/mol. The van der Waals surface area contributed by atoms with Gasteiger partial charge in [0.2, 0.25) is 0 Å². The molecule has 0 saturated carbocycles. The lowest BCUT2D eigenvalue weighted by atomic mass is 9.93. The van der Waals surface area contributed by atoms with Crippen LogP contribution in [0.15, 0.2) is 66.9 Å². The summed E-state index contributed by atoms with van der Waals surface area (Å²) in [6, 6.07) is 18.6. The highest BCUT2D eigenvalue weighted by Gasteiger charge is 2.17. The van der Waals surface area contributed by atoms with E-state index in [1.54, 1.807) is 19.2 Å². The van der Waals surface area contributed by atoms with Crippen LogP contribution in [-0.4, -0.2) is 33.5 Å². The van der Waals surface area contributed by atoms with Crippen LogP contribution in [0.4, 0.5) is 4.39 Å². The SMILES string of the molecule is CNC(=O)c1n[nH]c2cc(-c3ccc4c(c3)c(C(=O)CCC[C@@H](C)c3cccc(F)c3)cn4C)ccc12. The molecule has 7 heteroatoms. The summed E-state index contributed by atoms with van der Waals surface area (Å²) in [5, 5.41) is 11.4. The van der Waals surface area contributed by atoms with E-state index in [1.807, 2.05) is 54.2 Å². The Morgan fingerprint density at radius 1 is 1.05 bits per heavy atom. The van der Waals surface area contributed by atoms with E-state index in [0.29, 0.717) is 17.7 Å². The second kappa shape index (κ2) is 10.0. The Balaban J connectivity index is 1.37. The van der Waals surface area contributed by atoms with Crippen LogP contribution in [0.2, 0.25) is 0 Å². The van der Waals surface area contributed by atoms with E-state index < -0.39 is 0 Å². The summed E-state index contributed by atoms with van der Waals surface area (Å²) < 4.78 is 15.5. The zero-order valence-electron chi connectivity index (χ0n) is 21.1. The minimum Gasteiger partial charge on any atom is -0.354 e. The van der Waals surface area contributed by atoms with Gasteiger partial charge in [-0.1, -0.05) is 31.2 Å². The van der Waals surface area contributed by atoms with Crippen molar-refractivity contribution in [2.75, 3.05) is 7.05 Å². The molecular weight excluding hydrogens is 467 g/mol. The number of carbonyl (C=O) groups is 2. The number of carbonyl (C=O) groups excluding carboxylic acids is 2. The highest BCUT2D eigenvalue weighted by atomic mass is 19.1. The number of aryl methyl sites for hydroxylation is 1. The Labute approximate surface area is 214 Å². The molecule has 2 N–H and O–H groups in total. The topological polar surface area (TPSA) is 79.8 Å². The molecule has 3 aromatic carbocycles. The van der Waals surface area contributed by atoms with Gasteiger partial charge in [0.1, 0.15) is 5.82 Å². The first-order valence-electron chi connectivity index (χ1n) is 12.4. The van der Waals surface area contributed by atoms with Crippen molar-refractivity contribution in [3.05, 3.63) is 89.5 Å². The van der Waals surface area contributed by atoms with E-state index in [2.05, 4.69) is 28.5 Å². The minimum absolute atomic E-state index is 0.105. The average Bonchev–Trinajstić information content (AvgIpc) is 3.48. The van der Waals surface area contributed by atoms with Gasteiger partial charge in [-0.05, 0) is 71.8 Å². The standard InChI is InChI=1S/C30H29FN4O2/c1-18(19-7-5-8-22(31)14-19)6-4-9-28(36)25-17-35(3)27-13-11-20(15-24(25)27)21-10-12-23-26(16-21)33-34-29(23)30(37)32-2/h5,7-8,10-18H,4,6,9H2,1-3H3,(H,32,37)(H,33,34)/t18-/m1/s1. The summed E-state index contributed by atoms with van der Waals surface area (Å²) in [5.74, 6) is -0.180. The van der Waals surface area contributed by atoms with Gasteiger partial charge in [0.15, 0.2) is 11.5 Å². The summed E-state index contributed by atoms with van der Waals surface area (Å²) in [7, 11) is 3.53. The van der Waals surface area contributed by atoms with Crippen molar-refractivity contribution in [1.29, 1.82) is 0 Å². The highest BCUT2D eigenvalue weighted by Crippen LogP contribution is 2.31. The Bertz CT molecular complexity index is 1630. The van der Waals surface area contributed by atoms with E-state index in [1.165, 1.54) is 6.07 Å². The van der Waals surface area contributed by atoms with Gasteiger partial charge in [0.05, 0.1) is 5.52 Å². The third kappa shape index (κ3) is 4.77. The lowest BCUT2D eigenvalue weighted by Gasteiger charge is -2.11. The molecule has 1 amide bonds. The van der Waals surface area contributed by atoms with E-state index in [4.69, 9.17) is 0 Å². The largest absolute Gasteiger partial charge is 0.354 e. The van der Waals surface area contributed by atoms with Gasteiger partial charge in [-0.15, -0.1) is 0 Å². The zero-order valence-corrected chi connectivity index (χ0v) is 21.1. The summed E-state index contributed by atoms with van der Waals surface area (Å²) in [4.78, 5) is 25.3. The Hall–Kier alpha value is -4.26. The maximum Gasteiger partial charge on any atom is 0.272 e. The van der Waals surface area contributed by atoms with E-state index in [9.17, 15) is 14.0 Å². The van der Waals surface area contributed by atoms with Crippen LogP contribution in [0.1, 0.15) is 58.5 Å². The number of halogens is 1. The molecule has 5 aromatic rings. The van der Waals surface area contributed by atoms with E-state index >= 15 is 0 Å². The summed E-state index contributed by atoms with van der Waals surface area (Å²) in [5.41, 5.74) is 5.74. The number of H-pyrrole nitrogens is 1. The molecule has 0 fully saturated rings. The van der Waals surface area contributed by atoms with Gasteiger partial charge in [-0.25, -0.2) is 4.39 Å². The third-order valence-corrected chi connectivity index (χ3v) is 7.09. The molecule has 0 spiro atoms. The number of hydrogen-bond donors (Lipinski definition) is 2. The number of aromatic amines is 1. The summed E-state index contributed by atoms with van der Waals surface area (Å²) in [6.07, 6.45) is 3.88. The first-order chi connectivity index (χ1) is 17.9. The van der Waals surface area contributed by atoms with Crippen LogP contribution in [0.25, 0.3) is 32.9 Å². The first kappa shape index (κ1) is 24.4. The summed E-state index contributed by atoms with van der Waals surface area (Å²) >= 11 is 0. The van der Waals surface area contributed by atoms with Gasteiger partial charge in [0.25, 0.3) is 5.91 Å². The molecule has 37 heavy (non-hydrogen) atoms. The van der Waals surface area contributed by atoms with Crippen LogP contribution in [0.5, 0.6) is 0 Å². The third-order valence-electron chi connectivity index (χ3n) is 7.09. The number of aromatic nitrogens is 3. The van der Waals surface area contributed by atoms with Crippen LogP contribution in [0, 0.1) is 5.82 Å². The highest BCUT2D eigenvalue weighted by molar-refractivity contribution is 6.09. The maximum atomic E-state index is 13.6. The molecule has 0 aliphatic heterocycles. The normalized spacial score (nSPS) is 12.2. The van der Waals surface area contributed by atoms with Gasteiger partial charge >= 0.3 is 0 Å². The molecule has 1 atom stereocenters. The van der Waals surface area contributed by atoms with Crippen molar-refractivity contribution in [1.82, 2.24) is 20.1 Å². The summed E-state index contributed by atoms with van der Waals surface area (Å²) in [6.45, 7) is 2.07. The molecule has 0 aliphatic carbocycles. The number of Topliss-reactive ketones (excluding diaryl/α,β-unsaturated/α-hetero) is 1. The number of nitrogens with zero attached hydrogens (tertiary/aromatic N) is 2. The molecule has 2 heterocycles. The molecule has 188 valence electrons. The number of benzene rings is 3. The number of nitrogens with one attached hydrogen (secondary N) is 2. The number of hydrogen-bond acceptors (Lipinski definition) is 3. The van der Waals surface area contributed by atoms with Crippen LogP contribution in [-0.2, 0) is 7.05 Å². The van der Waals surface area contributed by atoms with Crippen molar-refractivity contribution < 1.29 is 14.0 Å². The number of fused-ring (bicyclic) bond motifs is 2. The number of amides is 1. The predicted octanol–water partition coefficient (Wildman–Crippen LogP) is 6.38. The van der Waals surface area contributed by atoms with Gasteiger partial charge in [-0.3, -0.25) is 14.7 Å². The van der Waals surface area contributed by atoms with Crippen molar-refractivity contribution >= 4 is 33.5 Å². The van der Waals surface area contributed by atoms with Crippen LogP contribution >= 0.6 is 0 Å². The molecular formula is C30H29FN4O2. The van der Waals surface area contributed by atoms with Gasteiger partial charge in [0, 0.05) is 48.6 Å². The minimum atomic E-state index is -0.238. The molecule has 0 saturated heterocycles. The fourth-order valence-electron chi connectivity index (χ4n) is 4.97. The molecule has 0 radical (unpaired) electrons. The van der Waals surface area contributed by atoms with Crippen LogP contribution in [0.3, 0.4) is 0 Å². The quantitative estimate of drug-likeness (QED) is 0.245. The maximum absolute atomic E-state index is 13.6. The van der Waals surface area contributed by atoms with Gasteiger partial charge in [-0.2, -0.15) is 5.10 Å². The fourth-order valence-corrected chi connectivity index (χ4v) is 4.97. The zero-order chi connectivity index (χ0) is 26.1. The Morgan fingerprint density at radius 3 is 2.62 bits per heavy atom. The van der Waals surface area contributed by atoms with Crippen molar-refractivity contribution in [3.8, 4) is 11.1 Å². The Kier molecular flexibility index (Phi) is 6.61. The van der Waals surface area contributed by atoms with Gasteiger partial charge < -0.3 is 9.88 Å². The van der Waals surface area contributed by atoms with Crippen molar-refractivity contribution in [2.45, 2.75) is 32.1 Å². The first-order valence-corrected chi connectivity index (χ1v) is 12.4. The van der Waals surface area contributed by atoms with E-state index in [-0.39, 0.29) is 23.4 Å². The molecule has 2 aromatic heterocycles. The smallest absolute Gasteiger partial charge is 0.272 e. The Morgan fingerprint density at radius 2 is 1.84 bits per heavy atom.